The maximum atomic E-state index is 13.5. The second kappa shape index (κ2) is 11.5. The van der Waals surface area contributed by atoms with Crippen LogP contribution in [-0.2, 0) is 17.9 Å². The van der Waals surface area contributed by atoms with Crippen LogP contribution >= 0.6 is 0 Å². The van der Waals surface area contributed by atoms with Gasteiger partial charge in [0.15, 0.2) is 0 Å². The van der Waals surface area contributed by atoms with Crippen molar-refractivity contribution in [2.45, 2.75) is 19.2 Å². The zero-order valence-electron chi connectivity index (χ0n) is 20.1. The summed E-state index contributed by atoms with van der Waals surface area (Å²) in [5.74, 6) is -1.64. The van der Waals surface area contributed by atoms with Gasteiger partial charge in [0.1, 0.15) is 12.5 Å². The van der Waals surface area contributed by atoms with Crippen molar-refractivity contribution >= 4 is 11.8 Å². The molecule has 1 atom stereocenters. The first-order chi connectivity index (χ1) is 17.9. The molecule has 9 nitrogen and oxygen atoms in total. The maximum absolute atomic E-state index is 13.5. The lowest BCUT2D eigenvalue weighted by atomic mass is 9.96. The molecule has 2 aromatic heterocycles. The van der Waals surface area contributed by atoms with Crippen molar-refractivity contribution in [3.8, 4) is 22.5 Å². The van der Waals surface area contributed by atoms with E-state index in [4.69, 9.17) is 10.5 Å². The number of benzene rings is 2. The molecule has 0 spiro atoms. The van der Waals surface area contributed by atoms with Crippen LogP contribution in [0.3, 0.4) is 0 Å². The van der Waals surface area contributed by atoms with Crippen molar-refractivity contribution < 1.29 is 23.8 Å². The highest BCUT2D eigenvalue weighted by Gasteiger charge is 2.24. The number of amides is 2. The van der Waals surface area contributed by atoms with Gasteiger partial charge in [-0.1, -0.05) is 12.1 Å². The molecule has 0 saturated carbocycles. The lowest BCUT2D eigenvalue weighted by molar-refractivity contribution is 0.0916. The van der Waals surface area contributed by atoms with E-state index in [1.54, 1.807) is 53.3 Å². The monoisotopic (exact) mass is 503 g/mol. The second-order valence-corrected chi connectivity index (χ2v) is 8.31. The Hall–Kier alpha value is -4.41. The van der Waals surface area contributed by atoms with E-state index in [9.17, 15) is 19.1 Å². The summed E-state index contributed by atoms with van der Waals surface area (Å²) in [5, 5.41) is 17.3. The molecule has 1 unspecified atom stereocenters. The van der Waals surface area contributed by atoms with Crippen LogP contribution in [0.2, 0.25) is 0 Å². The molecule has 2 amide bonds. The third kappa shape index (κ3) is 5.88. The average Bonchev–Trinajstić information content (AvgIpc) is 3.32. The lowest BCUT2D eigenvalue weighted by Gasteiger charge is -2.18. The Balaban J connectivity index is 1.75. The number of ether oxygens (including phenoxy) is 1. The highest BCUT2D eigenvalue weighted by atomic mass is 19.1. The molecule has 2 aromatic carbocycles. The molecule has 0 fully saturated rings. The quantitative estimate of drug-likeness (QED) is 0.305. The van der Waals surface area contributed by atoms with Crippen LogP contribution in [-0.4, -0.2) is 51.4 Å². The molecule has 0 bridgehead atoms. The average molecular weight is 504 g/mol. The fourth-order valence-corrected chi connectivity index (χ4v) is 4.03. The van der Waals surface area contributed by atoms with Crippen LogP contribution in [0.4, 0.5) is 4.39 Å². The smallest absolute Gasteiger partial charge is 0.252 e. The number of hydrogen-bond donors (Lipinski definition) is 3. The number of halogens is 1. The highest BCUT2D eigenvalue weighted by Crippen LogP contribution is 2.31. The highest BCUT2D eigenvalue weighted by molar-refractivity contribution is 6.08. The molecule has 0 aliphatic carbocycles. The third-order valence-electron chi connectivity index (χ3n) is 5.74. The van der Waals surface area contributed by atoms with Crippen molar-refractivity contribution in [2.24, 2.45) is 5.73 Å². The van der Waals surface area contributed by atoms with Gasteiger partial charge in [-0.15, -0.1) is 0 Å². The molecule has 4 rings (SSSR count). The fraction of sp³-hybridized carbons (Fsp3) is 0.185. The fourth-order valence-electron chi connectivity index (χ4n) is 4.03. The van der Waals surface area contributed by atoms with E-state index in [0.29, 0.717) is 29.1 Å². The zero-order valence-corrected chi connectivity index (χ0v) is 20.1. The molecule has 4 aromatic rings. The molecule has 10 heteroatoms. The topological polar surface area (TPSA) is 132 Å². The van der Waals surface area contributed by atoms with E-state index in [0.717, 1.165) is 0 Å². The van der Waals surface area contributed by atoms with Gasteiger partial charge in [0.05, 0.1) is 24.0 Å². The number of rotatable bonds is 10. The molecule has 0 saturated heterocycles. The van der Waals surface area contributed by atoms with Crippen LogP contribution < -0.4 is 11.1 Å². The zero-order chi connectivity index (χ0) is 26.4. The summed E-state index contributed by atoms with van der Waals surface area (Å²) in [5.41, 5.74) is 8.42. The molecule has 0 aliphatic heterocycles. The Kier molecular flexibility index (Phi) is 8.02. The van der Waals surface area contributed by atoms with E-state index in [-0.39, 0.29) is 35.8 Å². The number of carbonyl (C=O) groups is 2. The largest absolute Gasteiger partial charge is 0.394 e. The van der Waals surface area contributed by atoms with E-state index in [1.807, 2.05) is 6.07 Å². The van der Waals surface area contributed by atoms with Crippen LogP contribution in [0, 0.1) is 5.82 Å². The number of aliphatic hydroxyl groups is 1. The molecular formula is C27H26FN5O4. The Morgan fingerprint density at radius 3 is 2.51 bits per heavy atom. The van der Waals surface area contributed by atoms with Crippen molar-refractivity contribution in [1.29, 1.82) is 0 Å². The summed E-state index contributed by atoms with van der Waals surface area (Å²) in [6, 6.07) is 16.9. The lowest BCUT2D eigenvalue weighted by Crippen LogP contribution is -2.39. The summed E-state index contributed by atoms with van der Waals surface area (Å²) < 4.78 is 20.3. The normalized spacial score (nSPS) is 11.8. The summed E-state index contributed by atoms with van der Waals surface area (Å²) in [6.45, 7) is -0.242. The van der Waals surface area contributed by atoms with Crippen LogP contribution in [0.5, 0.6) is 0 Å². The van der Waals surface area contributed by atoms with E-state index >= 15 is 0 Å². The Labute approximate surface area is 212 Å². The van der Waals surface area contributed by atoms with Gasteiger partial charge < -0.3 is 20.9 Å². The first kappa shape index (κ1) is 25.7. The first-order valence-electron chi connectivity index (χ1n) is 11.5. The Bertz CT molecular complexity index is 1390. The Morgan fingerprint density at radius 1 is 1.11 bits per heavy atom. The number of hydrogen-bond acceptors (Lipinski definition) is 6. The molecule has 190 valence electrons. The van der Waals surface area contributed by atoms with Gasteiger partial charge in [-0.25, -0.2) is 9.07 Å². The van der Waals surface area contributed by atoms with Gasteiger partial charge in [0.25, 0.3) is 5.91 Å². The number of carbonyl (C=O) groups excluding carboxylic acids is 2. The second-order valence-electron chi connectivity index (χ2n) is 8.31. The number of nitrogens with two attached hydrogens (primary N) is 1. The van der Waals surface area contributed by atoms with Gasteiger partial charge in [-0.05, 0) is 54.6 Å². The summed E-state index contributed by atoms with van der Waals surface area (Å²) >= 11 is 0. The number of methoxy groups -OCH3 is 1. The Morgan fingerprint density at radius 2 is 1.86 bits per heavy atom. The van der Waals surface area contributed by atoms with E-state index < -0.39 is 17.9 Å². The summed E-state index contributed by atoms with van der Waals surface area (Å²) in [4.78, 5) is 30.0. The van der Waals surface area contributed by atoms with E-state index in [1.165, 1.54) is 25.3 Å². The minimum absolute atomic E-state index is 0.0731. The summed E-state index contributed by atoms with van der Waals surface area (Å²) in [7, 11) is 1.50. The van der Waals surface area contributed by atoms with E-state index in [2.05, 4.69) is 15.4 Å². The van der Waals surface area contributed by atoms with Gasteiger partial charge in [0.2, 0.25) is 5.91 Å². The SMILES string of the molecule is COCn1nc(-c2c(C(N)=O)cccc2C(=O)NC(CO)Cc2ccccn2)cc1-c1ccc(F)cc1. The molecule has 2 heterocycles. The number of aliphatic hydroxyl groups excluding tert-OH is 1. The molecule has 37 heavy (non-hydrogen) atoms. The summed E-state index contributed by atoms with van der Waals surface area (Å²) in [6.07, 6.45) is 1.94. The molecular weight excluding hydrogens is 477 g/mol. The van der Waals surface area contributed by atoms with Crippen molar-refractivity contribution in [2.75, 3.05) is 13.7 Å². The van der Waals surface area contributed by atoms with Crippen LogP contribution in [0.25, 0.3) is 22.5 Å². The van der Waals surface area contributed by atoms with Crippen LogP contribution in [0.1, 0.15) is 26.4 Å². The number of nitrogens with one attached hydrogen (secondary N) is 1. The van der Waals surface area contributed by atoms with Gasteiger partial charge >= 0.3 is 0 Å². The molecule has 0 radical (unpaired) electrons. The number of nitrogens with zero attached hydrogens (tertiary/aromatic N) is 3. The van der Waals surface area contributed by atoms with Gasteiger partial charge in [-0.3, -0.25) is 14.6 Å². The minimum Gasteiger partial charge on any atom is -0.394 e. The predicted molar refractivity (Wildman–Crippen MR) is 135 cm³/mol. The first-order valence-corrected chi connectivity index (χ1v) is 11.5. The van der Waals surface area contributed by atoms with Crippen molar-refractivity contribution in [3.63, 3.8) is 0 Å². The predicted octanol–water partition coefficient (Wildman–Crippen LogP) is 2.79. The maximum Gasteiger partial charge on any atom is 0.252 e. The minimum atomic E-state index is -0.735. The van der Waals surface area contributed by atoms with Crippen LogP contribution in [0.15, 0.2) is 72.9 Å². The third-order valence-corrected chi connectivity index (χ3v) is 5.74. The standard InChI is InChI=1S/C27H26FN5O4/c1-37-16-33-24(17-8-10-18(28)11-9-17)14-23(32-33)25-21(26(29)35)6-4-7-22(25)27(36)31-20(15-34)13-19-5-2-3-12-30-19/h2-12,14,20,34H,13,15-16H2,1H3,(H2,29,35)(H,31,36). The number of aromatic nitrogens is 3. The van der Waals surface area contributed by atoms with Gasteiger partial charge in [-0.2, -0.15) is 5.10 Å². The number of pyridine rings is 1. The number of primary amides is 1. The molecule has 0 aliphatic rings. The molecule has 4 N–H and O–H groups in total. The van der Waals surface area contributed by atoms with Crippen molar-refractivity contribution in [1.82, 2.24) is 20.1 Å². The van der Waals surface area contributed by atoms with Crippen molar-refractivity contribution in [3.05, 3.63) is 95.6 Å². The van der Waals surface area contributed by atoms with Gasteiger partial charge in [0, 0.05) is 47.7 Å².